The van der Waals surface area contributed by atoms with E-state index in [9.17, 15) is 9.59 Å². The van der Waals surface area contributed by atoms with Crippen LogP contribution in [0.2, 0.25) is 0 Å². The molecule has 2 rings (SSSR count). The summed E-state index contributed by atoms with van der Waals surface area (Å²) in [7, 11) is 4.99. The molecule has 0 bridgehead atoms. The molecule has 6 nitrogen and oxygen atoms in total. The molecular formula is C14H19N3O3S. The molecule has 7 heteroatoms. The Balaban J connectivity index is 2.03. The van der Waals surface area contributed by atoms with Crippen molar-refractivity contribution >= 4 is 33.4 Å². The zero-order valence-corrected chi connectivity index (χ0v) is 13.5. The van der Waals surface area contributed by atoms with Crippen LogP contribution in [0.4, 0.5) is 0 Å². The van der Waals surface area contributed by atoms with Gasteiger partial charge in [0.15, 0.2) is 0 Å². The van der Waals surface area contributed by atoms with Crippen molar-refractivity contribution in [3.8, 4) is 0 Å². The fourth-order valence-electron chi connectivity index (χ4n) is 2.16. The first-order chi connectivity index (χ1) is 9.93. The summed E-state index contributed by atoms with van der Waals surface area (Å²) in [5.41, 5.74) is 0.927. The molecular weight excluding hydrogens is 290 g/mol. The quantitative estimate of drug-likeness (QED) is 0.792. The Kier molecular flexibility index (Phi) is 4.62. The van der Waals surface area contributed by atoms with E-state index in [2.05, 4.69) is 9.84 Å². The van der Waals surface area contributed by atoms with Crippen LogP contribution in [0.5, 0.6) is 0 Å². The van der Waals surface area contributed by atoms with E-state index in [4.69, 9.17) is 0 Å². The molecule has 0 aromatic carbocycles. The van der Waals surface area contributed by atoms with Crippen molar-refractivity contribution in [2.24, 2.45) is 7.05 Å². The molecule has 0 fully saturated rings. The van der Waals surface area contributed by atoms with Gasteiger partial charge < -0.3 is 9.64 Å². The lowest BCUT2D eigenvalue weighted by Crippen LogP contribution is -2.27. The van der Waals surface area contributed by atoms with Gasteiger partial charge in [-0.15, -0.1) is 11.3 Å². The highest BCUT2D eigenvalue weighted by Gasteiger charge is 2.18. The third kappa shape index (κ3) is 3.24. The van der Waals surface area contributed by atoms with E-state index in [1.54, 1.807) is 16.6 Å². The van der Waals surface area contributed by atoms with Crippen molar-refractivity contribution in [3.63, 3.8) is 0 Å². The minimum atomic E-state index is -0.251. The lowest BCUT2D eigenvalue weighted by molar-refractivity contribution is -0.140. The van der Waals surface area contributed by atoms with Crippen molar-refractivity contribution in [1.82, 2.24) is 14.7 Å². The summed E-state index contributed by atoms with van der Waals surface area (Å²) in [4.78, 5) is 26.8. The summed E-state index contributed by atoms with van der Waals surface area (Å²) < 4.78 is 6.38. The fourth-order valence-corrected chi connectivity index (χ4v) is 3.28. The van der Waals surface area contributed by atoms with Crippen molar-refractivity contribution in [2.75, 3.05) is 20.7 Å². The van der Waals surface area contributed by atoms with E-state index < -0.39 is 0 Å². The number of thiophene rings is 1. The standard InChI is InChI=1S/C14H19N3O3S/c1-9-10-8-11(21-14(10)17(3)15-9)13(19)16(2)7-5-6-12(18)20-4/h8H,5-7H2,1-4H3. The number of carbonyl (C=O) groups excluding carboxylic acids is 2. The molecule has 0 atom stereocenters. The molecule has 0 N–H and O–H groups in total. The van der Waals surface area contributed by atoms with Gasteiger partial charge in [0.1, 0.15) is 4.83 Å². The van der Waals surface area contributed by atoms with Crippen LogP contribution >= 0.6 is 11.3 Å². The third-order valence-electron chi connectivity index (χ3n) is 3.36. The van der Waals surface area contributed by atoms with Crippen LogP contribution < -0.4 is 0 Å². The Bertz CT molecular complexity index is 640. The van der Waals surface area contributed by atoms with Gasteiger partial charge >= 0.3 is 5.97 Å². The number of hydrogen-bond donors (Lipinski definition) is 0. The van der Waals surface area contributed by atoms with Crippen molar-refractivity contribution < 1.29 is 14.3 Å². The van der Waals surface area contributed by atoms with Gasteiger partial charge in [-0.25, -0.2) is 0 Å². The molecule has 0 aliphatic carbocycles. The second-order valence-corrected chi connectivity index (χ2v) is 5.98. The topological polar surface area (TPSA) is 64.4 Å². The lowest BCUT2D eigenvalue weighted by Gasteiger charge is -2.15. The predicted octanol–water partition coefficient (Wildman–Crippen LogP) is 1.97. The first-order valence-electron chi connectivity index (χ1n) is 6.69. The maximum absolute atomic E-state index is 12.4. The van der Waals surface area contributed by atoms with Crippen LogP contribution in [0.15, 0.2) is 6.07 Å². The van der Waals surface area contributed by atoms with Crippen molar-refractivity contribution in [2.45, 2.75) is 19.8 Å². The number of rotatable bonds is 5. The van der Waals surface area contributed by atoms with Crippen LogP contribution in [0.1, 0.15) is 28.2 Å². The van der Waals surface area contributed by atoms with Crippen LogP contribution in [0, 0.1) is 6.92 Å². The largest absolute Gasteiger partial charge is 0.469 e. The number of methoxy groups -OCH3 is 1. The number of aryl methyl sites for hydroxylation is 2. The van der Waals surface area contributed by atoms with Gasteiger partial charge in [-0.3, -0.25) is 14.3 Å². The van der Waals surface area contributed by atoms with E-state index in [1.807, 2.05) is 20.0 Å². The van der Waals surface area contributed by atoms with E-state index in [-0.39, 0.29) is 11.9 Å². The molecule has 2 heterocycles. The van der Waals surface area contributed by atoms with E-state index >= 15 is 0 Å². The van der Waals surface area contributed by atoms with Gasteiger partial charge in [0.05, 0.1) is 17.7 Å². The second kappa shape index (κ2) is 6.26. The highest BCUT2D eigenvalue weighted by atomic mass is 32.1. The zero-order chi connectivity index (χ0) is 15.6. The monoisotopic (exact) mass is 309 g/mol. The number of fused-ring (bicyclic) bond motifs is 1. The first kappa shape index (κ1) is 15.5. The molecule has 2 aromatic heterocycles. The molecule has 21 heavy (non-hydrogen) atoms. The van der Waals surface area contributed by atoms with Crippen molar-refractivity contribution in [3.05, 3.63) is 16.6 Å². The molecule has 0 aliphatic heterocycles. The van der Waals surface area contributed by atoms with Gasteiger partial charge in [0.25, 0.3) is 5.91 Å². The Morgan fingerprint density at radius 3 is 2.81 bits per heavy atom. The fraction of sp³-hybridized carbons (Fsp3) is 0.500. The van der Waals surface area contributed by atoms with Crippen LogP contribution in [0.25, 0.3) is 10.2 Å². The number of hydrogen-bond acceptors (Lipinski definition) is 5. The van der Waals surface area contributed by atoms with Crippen molar-refractivity contribution in [1.29, 1.82) is 0 Å². The Hall–Kier alpha value is -1.89. The minimum absolute atomic E-state index is 0.0273. The van der Waals surface area contributed by atoms with E-state index in [0.29, 0.717) is 24.3 Å². The number of esters is 1. The maximum Gasteiger partial charge on any atom is 0.305 e. The molecule has 0 unspecified atom stereocenters. The molecule has 0 saturated carbocycles. The number of carbonyl (C=O) groups is 2. The molecule has 1 amide bonds. The second-order valence-electron chi connectivity index (χ2n) is 4.94. The number of ether oxygens (including phenoxy) is 1. The molecule has 0 spiro atoms. The molecule has 0 aliphatic rings. The number of nitrogens with zero attached hydrogens (tertiary/aromatic N) is 3. The summed E-state index contributed by atoms with van der Waals surface area (Å²) in [6, 6.07) is 1.89. The van der Waals surface area contributed by atoms with E-state index in [1.165, 1.54) is 18.4 Å². The van der Waals surface area contributed by atoms with Gasteiger partial charge in [-0.1, -0.05) is 0 Å². The summed E-state index contributed by atoms with van der Waals surface area (Å²) in [5, 5.41) is 5.35. The molecule has 114 valence electrons. The summed E-state index contributed by atoms with van der Waals surface area (Å²) in [6.07, 6.45) is 0.921. The first-order valence-corrected chi connectivity index (χ1v) is 7.51. The minimum Gasteiger partial charge on any atom is -0.469 e. The normalized spacial score (nSPS) is 10.9. The average molecular weight is 309 g/mol. The van der Waals surface area contributed by atoms with Crippen LogP contribution in [-0.2, 0) is 16.6 Å². The summed E-state index contributed by atoms with van der Waals surface area (Å²) >= 11 is 1.44. The van der Waals surface area contributed by atoms with Gasteiger partial charge in [-0.2, -0.15) is 5.10 Å². The Morgan fingerprint density at radius 1 is 1.48 bits per heavy atom. The Labute approximate surface area is 127 Å². The number of aromatic nitrogens is 2. The van der Waals surface area contributed by atoms with Gasteiger partial charge in [0, 0.05) is 32.4 Å². The van der Waals surface area contributed by atoms with Gasteiger partial charge in [0.2, 0.25) is 0 Å². The Morgan fingerprint density at radius 2 is 2.19 bits per heavy atom. The highest BCUT2D eigenvalue weighted by Crippen LogP contribution is 2.28. The molecule has 0 radical (unpaired) electrons. The van der Waals surface area contributed by atoms with Crippen LogP contribution in [0.3, 0.4) is 0 Å². The number of amides is 1. The smallest absolute Gasteiger partial charge is 0.305 e. The summed E-state index contributed by atoms with van der Waals surface area (Å²) in [5.74, 6) is -0.278. The molecule has 2 aromatic rings. The predicted molar refractivity (Wildman–Crippen MR) is 81.5 cm³/mol. The van der Waals surface area contributed by atoms with E-state index in [0.717, 1.165) is 15.9 Å². The molecule has 0 saturated heterocycles. The average Bonchev–Trinajstić information content (AvgIpc) is 3.00. The zero-order valence-electron chi connectivity index (χ0n) is 12.7. The SMILES string of the molecule is COC(=O)CCCN(C)C(=O)c1cc2c(C)nn(C)c2s1. The third-order valence-corrected chi connectivity index (χ3v) is 4.55. The lowest BCUT2D eigenvalue weighted by atomic mass is 10.2. The summed E-state index contributed by atoms with van der Waals surface area (Å²) in [6.45, 7) is 2.46. The highest BCUT2D eigenvalue weighted by molar-refractivity contribution is 7.20. The maximum atomic E-state index is 12.4. The van der Waals surface area contributed by atoms with Gasteiger partial charge in [-0.05, 0) is 19.4 Å². The van der Waals surface area contributed by atoms with Crippen LogP contribution in [-0.4, -0.2) is 47.3 Å².